The average Bonchev–Trinajstić information content (AvgIpc) is 2.46. The van der Waals surface area contributed by atoms with E-state index < -0.39 is 0 Å². The van der Waals surface area contributed by atoms with Crippen LogP contribution in [0.1, 0.15) is 33.1 Å². The van der Waals surface area contributed by atoms with Crippen LogP contribution in [-0.2, 0) is 4.74 Å². The summed E-state index contributed by atoms with van der Waals surface area (Å²) in [5, 5.41) is 0. The largest absolute Gasteiger partial charge is 0.381 e. The smallest absolute Gasteiger partial charge is 0.0607 e. The second-order valence-electron chi connectivity index (χ2n) is 6.03. The molecule has 2 rings (SSSR count). The van der Waals surface area contributed by atoms with Gasteiger partial charge < -0.3 is 10.5 Å². The van der Waals surface area contributed by atoms with E-state index >= 15 is 0 Å². The predicted octanol–water partition coefficient (Wildman–Crippen LogP) is 1.22. The fourth-order valence-electron chi connectivity index (χ4n) is 3.03. The molecule has 1 aliphatic carbocycles. The maximum Gasteiger partial charge on any atom is 0.0607 e. The Hall–Kier alpha value is -0.120. The normalized spacial score (nSPS) is 40.4. The number of methoxy groups -OCH3 is 1. The zero-order valence-corrected chi connectivity index (χ0v) is 10.3. The lowest BCUT2D eigenvalue weighted by Crippen LogP contribution is -2.63. The van der Waals surface area contributed by atoms with Crippen molar-refractivity contribution in [3.8, 4) is 0 Å². The molecule has 1 aliphatic heterocycles. The topological polar surface area (TPSA) is 38.5 Å². The average molecular weight is 212 g/mol. The highest BCUT2D eigenvalue weighted by Crippen LogP contribution is 2.43. The molecule has 0 aromatic heterocycles. The maximum absolute atomic E-state index is 5.96. The highest BCUT2D eigenvalue weighted by molar-refractivity contribution is 5.07. The van der Waals surface area contributed by atoms with E-state index in [0.717, 1.165) is 19.4 Å². The predicted molar refractivity (Wildman–Crippen MR) is 61.8 cm³/mol. The van der Waals surface area contributed by atoms with Crippen LogP contribution in [0, 0.1) is 5.41 Å². The van der Waals surface area contributed by atoms with Crippen LogP contribution in [0.5, 0.6) is 0 Å². The number of likely N-dealkylation sites (tertiary alicyclic amines) is 1. The summed E-state index contributed by atoms with van der Waals surface area (Å²) in [6.45, 7) is 7.89. The lowest BCUT2D eigenvalue weighted by Gasteiger charge is -2.52. The van der Waals surface area contributed by atoms with Crippen LogP contribution in [-0.4, -0.2) is 43.3 Å². The van der Waals surface area contributed by atoms with E-state index in [0.29, 0.717) is 11.5 Å². The lowest BCUT2D eigenvalue weighted by molar-refractivity contribution is -0.0818. The zero-order chi connectivity index (χ0) is 11.1. The fourth-order valence-corrected chi connectivity index (χ4v) is 3.03. The molecule has 2 N–H and O–H groups in total. The third-order valence-corrected chi connectivity index (χ3v) is 4.28. The molecule has 0 aromatic rings. The minimum absolute atomic E-state index is 0.258. The van der Waals surface area contributed by atoms with Crippen molar-refractivity contribution in [2.45, 2.75) is 44.8 Å². The zero-order valence-electron chi connectivity index (χ0n) is 10.3. The van der Waals surface area contributed by atoms with Gasteiger partial charge in [-0.05, 0) is 31.2 Å². The van der Waals surface area contributed by atoms with Gasteiger partial charge in [-0.15, -0.1) is 0 Å². The van der Waals surface area contributed by atoms with Crippen molar-refractivity contribution in [3.63, 3.8) is 0 Å². The first-order valence-electron chi connectivity index (χ1n) is 5.99. The Morgan fingerprint density at radius 2 is 2.07 bits per heavy atom. The summed E-state index contributed by atoms with van der Waals surface area (Å²) in [7, 11) is 1.80. The highest BCUT2D eigenvalue weighted by atomic mass is 16.5. The molecule has 88 valence electrons. The lowest BCUT2D eigenvalue weighted by atomic mass is 9.72. The number of rotatable bonds is 3. The van der Waals surface area contributed by atoms with Crippen LogP contribution in [0.3, 0.4) is 0 Å². The molecule has 2 fully saturated rings. The molecule has 3 nitrogen and oxygen atoms in total. The second-order valence-corrected chi connectivity index (χ2v) is 6.03. The number of hydrogen-bond acceptors (Lipinski definition) is 3. The quantitative estimate of drug-likeness (QED) is 0.764. The molecule has 0 amide bonds. The molecule has 15 heavy (non-hydrogen) atoms. The van der Waals surface area contributed by atoms with E-state index in [1.807, 2.05) is 0 Å². The van der Waals surface area contributed by atoms with Crippen molar-refractivity contribution in [3.05, 3.63) is 0 Å². The van der Waals surface area contributed by atoms with Gasteiger partial charge in [-0.3, -0.25) is 4.90 Å². The van der Waals surface area contributed by atoms with Gasteiger partial charge in [0, 0.05) is 25.7 Å². The molecule has 3 heteroatoms. The molecule has 0 atom stereocenters. The number of nitrogens with zero attached hydrogens (tertiary/aromatic N) is 1. The minimum atomic E-state index is 0.258. The Labute approximate surface area is 93.0 Å². The van der Waals surface area contributed by atoms with Crippen LogP contribution in [0.25, 0.3) is 0 Å². The van der Waals surface area contributed by atoms with Gasteiger partial charge >= 0.3 is 0 Å². The second kappa shape index (κ2) is 3.72. The summed E-state index contributed by atoms with van der Waals surface area (Å²) in [4.78, 5) is 2.60. The van der Waals surface area contributed by atoms with Gasteiger partial charge in [-0.25, -0.2) is 0 Å². The van der Waals surface area contributed by atoms with Gasteiger partial charge in [0.15, 0.2) is 0 Å². The van der Waals surface area contributed by atoms with Gasteiger partial charge in [0.2, 0.25) is 0 Å². The molecule has 0 unspecified atom stereocenters. The maximum atomic E-state index is 5.96. The van der Waals surface area contributed by atoms with E-state index in [1.54, 1.807) is 7.11 Å². The first-order chi connectivity index (χ1) is 7.01. The molecule has 0 bridgehead atoms. The molecule has 1 saturated heterocycles. The van der Waals surface area contributed by atoms with Gasteiger partial charge in [-0.1, -0.05) is 13.8 Å². The molecule has 0 spiro atoms. The summed E-state index contributed by atoms with van der Waals surface area (Å²) in [6, 6.07) is 0. The van der Waals surface area contributed by atoms with Gasteiger partial charge in [0.1, 0.15) is 0 Å². The number of ether oxygens (including phenoxy) is 1. The molecule has 0 radical (unpaired) electrons. The van der Waals surface area contributed by atoms with Crippen molar-refractivity contribution in [1.29, 1.82) is 0 Å². The number of hydrogen-bond donors (Lipinski definition) is 1. The van der Waals surface area contributed by atoms with Crippen molar-refractivity contribution < 1.29 is 4.74 Å². The highest BCUT2D eigenvalue weighted by Gasteiger charge is 2.50. The first-order valence-corrected chi connectivity index (χ1v) is 5.99. The number of nitrogens with two attached hydrogens (primary N) is 1. The third-order valence-electron chi connectivity index (χ3n) is 4.28. The Morgan fingerprint density at radius 1 is 1.40 bits per heavy atom. The van der Waals surface area contributed by atoms with E-state index in [4.69, 9.17) is 10.5 Å². The van der Waals surface area contributed by atoms with Gasteiger partial charge in [-0.2, -0.15) is 0 Å². The summed E-state index contributed by atoms with van der Waals surface area (Å²) >= 11 is 0. The Bertz CT molecular complexity index is 234. The Morgan fingerprint density at radius 3 is 2.47 bits per heavy atom. The van der Waals surface area contributed by atoms with Gasteiger partial charge in [0.05, 0.1) is 6.10 Å². The van der Waals surface area contributed by atoms with Crippen LogP contribution < -0.4 is 5.73 Å². The van der Waals surface area contributed by atoms with Crippen LogP contribution >= 0.6 is 0 Å². The third kappa shape index (κ3) is 1.93. The van der Waals surface area contributed by atoms with E-state index in [-0.39, 0.29) is 5.54 Å². The fraction of sp³-hybridized carbons (Fsp3) is 1.00. The first kappa shape index (κ1) is 11.4. The molecule has 1 saturated carbocycles. The summed E-state index contributed by atoms with van der Waals surface area (Å²) in [5.41, 5.74) is 6.69. The molecule has 2 aliphatic rings. The van der Waals surface area contributed by atoms with Crippen molar-refractivity contribution in [1.82, 2.24) is 4.90 Å². The SMILES string of the molecule is COC1CC(CN)(N2CCC(C)(C)C2)C1. The Kier molecular flexibility index (Phi) is 2.82. The minimum Gasteiger partial charge on any atom is -0.381 e. The van der Waals surface area contributed by atoms with Crippen molar-refractivity contribution in [2.75, 3.05) is 26.7 Å². The van der Waals surface area contributed by atoms with Crippen molar-refractivity contribution >= 4 is 0 Å². The van der Waals surface area contributed by atoms with E-state index in [1.165, 1.54) is 19.5 Å². The van der Waals surface area contributed by atoms with Crippen molar-refractivity contribution in [2.24, 2.45) is 11.1 Å². The standard InChI is InChI=1S/C12H24N2O/c1-11(2)4-5-14(9-11)12(8-13)6-10(7-12)15-3/h10H,4-9,13H2,1-3H3. The van der Waals surface area contributed by atoms with E-state index in [9.17, 15) is 0 Å². The van der Waals surface area contributed by atoms with Crippen LogP contribution in [0.4, 0.5) is 0 Å². The Balaban J connectivity index is 1.98. The molecule has 0 aromatic carbocycles. The molecule has 1 heterocycles. The monoisotopic (exact) mass is 212 g/mol. The molecular weight excluding hydrogens is 188 g/mol. The van der Waals surface area contributed by atoms with Crippen LogP contribution in [0.15, 0.2) is 0 Å². The van der Waals surface area contributed by atoms with E-state index in [2.05, 4.69) is 18.7 Å². The summed E-state index contributed by atoms with van der Waals surface area (Å²) < 4.78 is 5.37. The van der Waals surface area contributed by atoms with Crippen LogP contribution in [0.2, 0.25) is 0 Å². The van der Waals surface area contributed by atoms with Gasteiger partial charge in [0.25, 0.3) is 0 Å². The summed E-state index contributed by atoms with van der Waals surface area (Å²) in [5.74, 6) is 0. The summed E-state index contributed by atoms with van der Waals surface area (Å²) in [6.07, 6.45) is 3.98. The molecular formula is C12H24N2O.